The number of nitrogens with zero attached hydrogens (tertiary/aromatic N) is 1. The summed E-state index contributed by atoms with van der Waals surface area (Å²) in [6.45, 7) is 4.98. The number of amides is 3. The molecule has 0 spiro atoms. The number of aliphatic carboxylic acids is 1. The fraction of sp³-hybridized carbons (Fsp3) is 0.423. The molecule has 2 heterocycles. The molecule has 5 atom stereocenters. The normalized spacial score (nSPS) is 15.2. The zero-order valence-electron chi connectivity index (χ0n) is 21.7. The van der Waals surface area contributed by atoms with Crippen LogP contribution in [-0.4, -0.2) is 67.9 Å². The molecule has 0 radical (unpaired) electrons. The molecule has 204 valence electrons. The third kappa shape index (κ3) is 7.19. The third-order valence-electron chi connectivity index (χ3n) is 6.59. The Hall–Kier alpha value is -4.19. The van der Waals surface area contributed by atoms with Crippen LogP contribution >= 0.6 is 0 Å². The lowest BCUT2D eigenvalue weighted by Gasteiger charge is -2.27. The Bertz CT molecular complexity index is 1260. The highest BCUT2D eigenvalue weighted by Gasteiger charge is 2.32. The lowest BCUT2D eigenvalue weighted by atomic mass is 9.96. The Labute approximate surface area is 220 Å². The highest BCUT2D eigenvalue weighted by molar-refractivity contribution is 5.95. The number of benzene rings is 1. The number of carbonyl (C=O) groups excluding carboxylic acids is 3. The number of nitrogens with two attached hydrogens (primary N) is 1. The van der Waals surface area contributed by atoms with Crippen LogP contribution in [0.4, 0.5) is 0 Å². The number of imidazole rings is 1. The molecular weight excluding hydrogens is 490 g/mol. The number of nitrogens with one attached hydrogen (secondary N) is 5. The number of hydrogen-bond donors (Lipinski definition) is 7. The van der Waals surface area contributed by atoms with Crippen molar-refractivity contribution in [3.05, 3.63) is 54.2 Å². The number of aromatic nitrogens is 3. The average Bonchev–Trinajstić information content (AvgIpc) is 3.56. The minimum Gasteiger partial charge on any atom is -0.480 e. The average molecular weight is 526 g/mol. The van der Waals surface area contributed by atoms with E-state index in [1.54, 1.807) is 19.3 Å². The number of carboxylic acids is 1. The number of carboxylic acid groups (broad SMARTS) is 1. The Kier molecular flexibility index (Phi) is 9.61. The Morgan fingerprint density at radius 3 is 2.39 bits per heavy atom. The fourth-order valence-electron chi connectivity index (χ4n) is 4.06. The molecule has 0 saturated heterocycles. The van der Waals surface area contributed by atoms with Gasteiger partial charge >= 0.3 is 5.97 Å². The third-order valence-corrected chi connectivity index (χ3v) is 6.59. The predicted octanol–water partition coefficient (Wildman–Crippen LogP) is 0.609. The molecule has 0 aliphatic carbocycles. The van der Waals surface area contributed by atoms with Crippen LogP contribution in [0.1, 0.15) is 38.4 Å². The summed E-state index contributed by atoms with van der Waals surface area (Å²) in [7, 11) is 0. The van der Waals surface area contributed by atoms with E-state index >= 15 is 0 Å². The molecule has 0 aliphatic heterocycles. The lowest BCUT2D eigenvalue weighted by Crippen LogP contribution is -2.59. The van der Waals surface area contributed by atoms with Gasteiger partial charge in [0.1, 0.15) is 18.1 Å². The second kappa shape index (κ2) is 12.9. The maximum absolute atomic E-state index is 13.5. The summed E-state index contributed by atoms with van der Waals surface area (Å²) < 4.78 is 0. The van der Waals surface area contributed by atoms with Gasteiger partial charge in [0.25, 0.3) is 0 Å². The molecule has 3 rings (SSSR count). The van der Waals surface area contributed by atoms with E-state index in [9.17, 15) is 24.3 Å². The van der Waals surface area contributed by atoms with Crippen LogP contribution in [0.2, 0.25) is 0 Å². The van der Waals surface area contributed by atoms with E-state index in [0.29, 0.717) is 12.1 Å². The second-order valence-corrected chi connectivity index (χ2v) is 9.45. The number of rotatable bonds is 13. The SMILES string of the molecule is CCC(C)C(NC(=O)C(Cc1c[nH]c2ccccc12)NC(=O)C(N)Cc1cnc[nH]1)C(=O)NC(C)C(=O)O. The molecular formula is C26H35N7O5. The largest absolute Gasteiger partial charge is 0.480 e. The first kappa shape index (κ1) is 28.4. The van der Waals surface area contributed by atoms with Gasteiger partial charge in [0.2, 0.25) is 17.7 Å². The van der Waals surface area contributed by atoms with Crippen molar-refractivity contribution in [3.8, 4) is 0 Å². The molecule has 5 unspecified atom stereocenters. The summed E-state index contributed by atoms with van der Waals surface area (Å²) in [5, 5.41) is 18.0. The smallest absolute Gasteiger partial charge is 0.325 e. The molecule has 8 N–H and O–H groups in total. The van der Waals surface area contributed by atoms with Gasteiger partial charge in [-0.3, -0.25) is 19.2 Å². The molecule has 1 aromatic carbocycles. The first-order chi connectivity index (χ1) is 18.1. The minimum atomic E-state index is -1.19. The van der Waals surface area contributed by atoms with Crippen molar-refractivity contribution < 1.29 is 24.3 Å². The number of fused-ring (bicyclic) bond motifs is 1. The molecule has 0 saturated carbocycles. The van der Waals surface area contributed by atoms with Crippen molar-refractivity contribution in [1.29, 1.82) is 0 Å². The molecule has 0 aliphatic rings. The van der Waals surface area contributed by atoms with Crippen molar-refractivity contribution in [1.82, 2.24) is 30.9 Å². The molecule has 0 bridgehead atoms. The number of carbonyl (C=O) groups is 4. The van der Waals surface area contributed by atoms with Crippen LogP contribution < -0.4 is 21.7 Å². The van der Waals surface area contributed by atoms with Crippen molar-refractivity contribution in [2.45, 2.75) is 64.2 Å². The molecule has 12 nitrogen and oxygen atoms in total. The summed E-state index contributed by atoms with van der Waals surface area (Å²) in [6, 6.07) is 3.44. The molecule has 38 heavy (non-hydrogen) atoms. The van der Waals surface area contributed by atoms with Gasteiger partial charge in [0.05, 0.1) is 12.4 Å². The summed E-state index contributed by atoms with van der Waals surface area (Å²) in [6.07, 6.45) is 5.70. The molecule has 0 fully saturated rings. The van der Waals surface area contributed by atoms with Crippen molar-refractivity contribution >= 4 is 34.6 Å². The van der Waals surface area contributed by atoms with Crippen LogP contribution in [-0.2, 0) is 32.0 Å². The maximum atomic E-state index is 13.5. The molecule has 3 amide bonds. The first-order valence-corrected chi connectivity index (χ1v) is 12.5. The first-order valence-electron chi connectivity index (χ1n) is 12.5. The Balaban J connectivity index is 1.83. The highest BCUT2D eigenvalue weighted by atomic mass is 16.4. The van der Waals surface area contributed by atoms with Gasteiger partial charge in [-0.1, -0.05) is 38.5 Å². The van der Waals surface area contributed by atoms with Gasteiger partial charge in [-0.25, -0.2) is 4.98 Å². The Morgan fingerprint density at radius 2 is 1.74 bits per heavy atom. The Morgan fingerprint density at radius 1 is 1.00 bits per heavy atom. The monoisotopic (exact) mass is 525 g/mol. The number of para-hydroxylation sites is 1. The second-order valence-electron chi connectivity index (χ2n) is 9.45. The van der Waals surface area contributed by atoms with Crippen LogP contribution in [0.3, 0.4) is 0 Å². The van der Waals surface area contributed by atoms with Crippen molar-refractivity contribution in [2.75, 3.05) is 0 Å². The van der Waals surface area contributed by atoms with Crippen LogP contribution in [0, 0.1) is 5.92 Å². The van der Waals surface area contributed by atoms with Gasteiger partial charge in [0.15, 0.2) is 0 Å². The molecule has 3 aromatic rings. The topological polar surface area (TPSA) is 195 Å². The van der Waals surface area contributed by atoms with Crippen LogP contribution in [0.5, 0.6) is 0 Å². The number of hydrogen-bond acceptors (Lipinski definition) is 6. The predicted molar refractivity (Wildman–Crippen MR) is 141 cm³/mol. The maximum Gasteiger partial charge on any atom is 0.325 e. The van der Waals surface area contributed by atoms with E-state index in [4.69, 9.17) is 5.73 Å². The minimum absolute atomic E-state index is 0.138. The van der Waals surface area contributed by atoms with Gasteiger partial charge < -0.3 is 36.8 Å². The van der Waals surface area contributed by atoms with Crippen LogP contribution in [0.15, 0.2) is 43.0 Å². The van der Waals surface area contributed by atoms with E-state index in [-0.39, 0.29) is 18.8 Å². The summed E-state index contributed by atoms with van der Waals surface area (Å²) in [5.41, 5.74) is 8.45. The number of H-pyrrole nitrogens is 2. The van der Waals surface area contributed by atoms with E-state index in [1.165, 1.54) is 13.3 Å². The molecule has 2 aromatic heterocycles. The van der Waals surface area contributed by atoms with E-state index < -0.39 is 47.9 Å². The standard InChI is InChI=1S/C26H35N7O5/c1-4-14(2)22(25(36)31-15(3)26(37)38)33-24(35)21(9-16-11-29-20-8-6-5-7-18(16)20)32-23(34)19(27)10-17-12-28-13-30-17/h5-8,11-15,19,21-22,29H,4,9-10,27H2,1-3H3,(H,28,30)(H,31,36)(H,32,34)(H,33,35)(H,37,38). The highest BCUT2D eigenvalue weighted by Crippen LogP contribution is 2.19. The zero-order valence-corrected chi connectivity index (χ0v) is 21.7. The van der Waals surface area contributed by atoms with E-state index in [2.05, 4.69) is 30.9 Å². The van der Waals surface area contributed by atoms with Crippen molar-refractivity contribution in [2.24, 2.45) is 11.7 Å². The number of aromatic amines is 2. The van der Waals surface area contributed by atoms with Crippen molar-refractivity contribution in [3.63, 3.8) is 0 Å². The van der Waals surface area contributed by atoms with Gasteiger partial charge in [-0.2, -0.15) is 0 Å². The molecule has 12 heteroatoms. The summed E-state index contributed by atoms with van der Waals surface area (Å²) >= 11 is 0. The summed E-state index contributed by atoms with van der Waals surface area (Å²) in [5.74, 6) is -3.23. The fourth-order valence-corrected chi connectivity index (χ4v) is 4.06. The zero-order chi connectivity index (χ0) is 27.8. The van der Waals surface area contributed by atoms with Gasteiger partial charge in [-0.15, -0.1) is 0 Å². The van der Waals surface area contributed by atoms with E-state index in [0.717, 1.165) is 16.5 Å². The van der Waals surface area contributed by atoms with Gasteiger partial charge in [0, 0.05) is 41.8 Å². The van der Waals surface area contributed by atoms with Gasteiger partial charge in [-0.05, 0) is 24.5 Å². The van der Waals surface area contributed by atoms with Crippen LogP contribution in [0.25, 0.3) is 10.9 Å². The lowest BCUT2D eigenvalue weighted by molar-refractivity contribution is -0.142. The summed E-state index contributed by atoms with van der Waals surface area (Å²) in [4.78, 5) is 60.7. The van der Waals surface area contributed by atoms with E-state index in [1.807, 2.05) is 31.2 Å². The quantitative estimate of drug-likeness (QED) is 0.170.